The first-order valence-corrected chi connectivity index (χ1v) is 8.24. The topological polar surface area (TPSA) is 24.1 Å². The van der Waals surface area contributed by atoms with Crippen LogP contribution in [0.25, 0.3) is 0 Å². The summed E-state index contributed by atoms with van der Waals surface area (Å²) in [6.07, 6.45) is 5.65. The summed E-state index contributed by atoms with van der Waals surface area (Å²) in [4.78, 5) is 0. The zero-order valence-corrected chi connectivity index (χ0v) is 13.3. The first-order valence-electron chi connectivity index (χ1n) is 7.45. The molecule has 0 spiro atoms. The maximum Gasteiger partial charge on any atom is 0.171 e. The second-order valence-corrected chi connectivity index (χ2v) is 7.02. The van der Waals surface area contributed by atoms with Gasteiger partial charge in [0.2, 0.25) is 0 Å². The number of anilines is 1. The molecule has 2 saturated carbocycles. The van der Waals surface area contributed by atoms with Crippen LogP contribution in [-0.4, -0.2) is 11.2 Å². The van der Waals surface area contributed by atoms with Gasteiger partial charge in [0.1, 0.15) is 0 Å². The van der Waals surface area contributed by atoms with E-state index < -0.39 is 0 Å². The van der Waals surface area contributed by atoms with E-state index >= 15 is 0 Å². The van der Waals surface area contributed by atoms with Crippen molar-refractivity contribution in [2.24, 2.45) is 17.8 Å². The van der Waals surface area contributed by atoms with Gasteiger partial charge in [-0.2, -0.15) is 0 Å². The van der Waals surface area contributed by atoms with Crippen LogP contribution in [0.15, 0.2) is 24.3 Å². The number of fused-ring (bicyclic) bond motifs is 2. The lowest BCUT2D eigenvalue weighted by Crippen LogP contribution is -2.42. The van der Waals surface area contributed by atoms with Crippen molar-refractivity contribution in [2.75, 3.05) is 5.32 Å². The van der Waals surface area contributed by atoms with E-state index in [-0.39, 0.29) is 0 Å². The molecule has 0 amide bonds. The Morgan fingerprint density at radius 1 is 1.30 bits per heavy atom. The maximum absolute atomic E-state index is 6.13. The van der Waals surface area contributed by atoms with Crippen molar-refractivity contribution in [1.29, 1.82) is 0 Å². The quantitative estimate of drug-likeness (QED) is 0.807. The SMILES string of the molecule is CC(NC(=S)Nc1ccccc1Cl)C1CC2CCC1C2. The van der Waals surface area contributed by atoms with Gasteiger partial charge in [0.25, 0.3) is 0 Å². The van der Waals surface area contributed by atoms with E-state index in [4.69, 9.17) is 23.8 Å². The van der Waals surface area contributed by atoms with Crippen LogP contribution >= 0.6 is 23.8 Å². The zero-order chi connectivity index (χ0) is 14.1. The highest BCUT2D eigenvalue weighted by Gasteiger charge is 2.41. The molecule has 2 bridgehead atoms. The van der Waals surface area contributed by atoms with E-state index in [0.29, 0.717) is 16.2 Å². The van der Waals surface area contributed by atoms with Crippen molar-refractivity contribution in [2.45, 2.75) is 38.6 Å². The summed E-state index contributed by atoms with van der Waals surface area (Å²) in [6.45, 7) is 2.26. The highest BCUT2D eigenvalue weighted by molar-refractivity contribution is 7.80. The Hall–Kier alpha value is -0.800. The number of benzene rings is 1. The van der Waals surface area contributed by atoms with E-state index in [9.17, 15) is 0 Å². The van der Waals surface area contributed by atoms with Gasteiger partial charge in [0.05, 0.1) is 10.7 Å². The van der Waals surface area contributed by atoms with Crippen LogP contribution in [0.1, 0.15) is 32.6 Å². The van der Waals surface area contributed by atoms with Crippen LogP contribution < -0.4 is 10.6 Å². The third-order valence-electron chi connectivity index (χ3n) is 4.92. The number of hydrogen-bond acceptors (Lipinski definition) is 1. The van der Waals surface area contributed by atoms with E-state index in [0.717, 1.165) is 23.4 Å². The average molecular weight is 309 g/mol. The predicted octanol–water partition coefficient (Wildman–Crippen LogP) is 4.45. The van der Waals surface area contributed by atoms with Gasteiger partial charge >= 0.3 is 0 Å². The first kappa shape index (κ1) is 14.2. The molecule has 4 heteroatoms. The number of thiocarbonyl (C=S) groups is 1. The van der Waals surface area contributed by atoms with Crippen molar-refractivity contribution in [3.63, 3.8) is 0 Å². The summed E-state index contributed by atoms with van der Waals surface area (Å²) in [6, 6.07) is 8.12. The Balaban J connectivity index is 1.55. The van der Waals surface area contributed by atoms with Gasteiger partial charge < -0.3 is 10.6 Å². The zero-order valence-electron chi connectivity index (χ0n) is 11.7. The molecule has 1 aromatic rings. The minimum Gasteiger partial charge on any atom is -0.360 e. The lowest BCUT2D eigenvalue weighted by molar-refractivity contribution is 0.279. The Bertz CT molecular complexity index is 505. The normalized spacial score (nSPS) is 29.2. The second kappa shape index (κ2) is 5.90. The molecule has 2 nitrogen and oxygen atoms in total. The molecular weight excluding hydrogens is 288 g/mol. The molecule has 108 valence electrons. The third kappa shape index (κ3) is 2.94. The summed E-state index contributed by atoms with van der Waals surface area (Å²) in [5.41, 5.74) is 0.867. The summed E-state index contributed by atoms with van der Waals surface area (Å²) in [5, 5.41) is 8.01. The molecule has 2 aliphatic rings. The fourth-order valence-electron chi connectivity index (χ4n) is 3.94. The fraction of sp³-hybridized carbons (Fsp3) is 0.562. The third-order valence-corrected chi connectivity index (χ3v) is 5.47. The summed E-state index contributed by atoms with van der Waals surface area (Å²) in [5.74, 6) is 2.66. The van der Waals surface area contributed by atoms with Gasteiger partial charge in [0, 0.05) is 6.04 Å². The van der Waals surface area contributed by atoms with Gasteiger partial charge in [-0.1, -0.05) is 30.2 Å². The molecule has 0 heterocycles. The lowest BCUT2D eigenvalue weighted by Gasteiger charge is -2.29. The van der Waals surface area contributed by atoms with Crippen molar-refractivity contribution in [3.05, 3.63) is 29.3 Å². The largest absolute Gasteiger partial charge is 0.360 e. The Morgan fingerprint density at radius 2 is 2.10 bits per heavy atom. The van der Waals surface area contributed by atoms with Gasteiger partial charge in [-0.3, -0.25) is 0 Å². The molecule has 4 atom stereocenters. The standard InChI is InChI=1S/C16H21ClN2S/c1-10(13-9-11-6-7-12(13)8-11)18-16(20)19-15-5-3-2-4-14(15)17/h2-5,10-13H,6-9H2,1H3,(H2,18,19,20). The molecule has 2 fully saturated rings. The monoisotopic (exact) mass is 308 g/mol. The lowest BCUT2D eigenvalue weighted by atomic mass is 9.84. The molecule has 2 aliphatic carbocycles. The molecule has 0 aromatic heterocycles. The first-order chi connectivity index (χ1) is 9.63. The highest BCUT2D eigenvalue weighted by atomic mass is 35.5. The van der Waals surface area contributed by atoms with E-state index in [1.807, 2.05) is 24.3 Å². The minimum absolute atomic E-state index is 0.438. The number of hydrogen-bond donors (Lipinski definition) is 2. The number of halogens is 1. The number of para-hydroxylation sites is 1. The van der Waals surface area contributed by atoms with Crippen LogP contribution in [0.5, 0.6) is 0 Å². The van der Waals surface area contributed by atoms with Crippen molar-refractivity contribution < 1.29 is 0 Å². The van der Waals surface area contributed by atoms with Crippen molar-refractivity contribution in [3.8, 4) is 0 Å². The van der Waals surface area contributed by atoms with Gasteiger partial charge in [-0.15, -0.1) is 0 Å². The van der Waals surface area contributed by atoms with Crippen LogP contribution in [0, 0.1) is 17.8 Å². The number of nitrogens with one attached hydrogen (secondary N) is 2. The molecular formula is C16H21ClN2S. The fourth-order valence-corrected chi connectivity index (χ4v) is 4.42. The predicted molar refractivity (Wildman–Crippen MR) is 89.2 cm³/mol. The molecule has 2 N–H and O–H groups in total. The Labute approximate surface area is 131 Å². The highest BCUT2D eigenvalue weighted by Crippen LogP contribution is 2.49. The van der Waals surface area contributed by atoms with Crippen LogP contribution in [0.2, 0.25) is 5.02 Å². The smallest absolute Gasteiger partial charge is 0.171 e. The van der Waals surface area contributed by atoms with Crippen molar-refractivity contribution >= 4 is 34.6 Å². The molecule has 0 radical (unpaired) electrons. The summed E-state index contributed by atoms with van der Waals surface area (Å²) >= 11 is 11.5. The average Bonchev–Trinajstić information content (AvgIpc) is 3.03. The summed E-state index contributed by atoms with van der Waals surface area (Å²) in [7, 11) is 0. The van der Waals surface area contributed by atoms with Crippen molar-refractivity contribution in [1.82, 2.24) is 5.32 Å². The molecule has 4 unspecified atom stereocenters. The van der Waals surface area contributed by atoms with Crippen LogP contribution in [0.4, 0.5) is 5.69 Å². The van der Waals surface area contributed by atoms with Crippen LogP contribution in [-0.2, 0) is 0 Å². The molecule has 3 rings (SSSR count). The Kier molecular flexibility index (Phi) is 4.18. The second-order valence-electron chi connectivity index (χ2n) is 6.21. The van der Waals surface area contributed by atoms with E-state index in [1.165, 1.54) is 25.7 Å². The molecule has 20 heavy (non-hydrogen) atoms. The van der Waals surface area contributed by atoms with Gasteiger partial charge in [-0.25, -0.2) is 0 Å². The van der Waals surface area contributed by atoms with Crippen LogP contribution in [0.3, 0.4) is 0 Å². The minimum atomic E-state index is 0.438. The van der Waals surface area contributed by atoms with Gasteiger partial charge in [0.15, 0.2) is 5.11 Å². The van der Waals surface area contributed by atoms with E-state index in [1.54, 1.807) is 0 Å². The van der Waals surface area contributed by atoms with Gasteiger partial charge in [-0.05, 0) is 68.3 Å². The Morgan fingerprint density at radius 3 is 2.75 bits per heavy atom. The van der Waals surface area contributed by atoms with E-state index in [2.05, 4.69) is 17.6 Å². The molecule has 0 aliphatic heterocycles. The molecule has 0 saturated heterocycles. The summed E-state index contributed by atoms with van der Waals surface area (Å²) < 4.78 is 0. The number of rotatable bonds is 3. The maximum atomic E-state index is 6.13. The molecule has 1 aromatic carbocycles.